The number of Topliss-reactive ketones (excluding diaryl/α,β-unsaturated/α-hetero) is 1. The highest BCUT2D eigenvalue weighted by molar-refractivity contribution is 6.46. The Morgan fingerprint density at radius 3 is 2.41 bits per heavy atom. The molecule has 1 aliphatic rings. The number of carbonyl (C=O) groups excluding carboxylic acids is 2. The lowest BCUT2D eigenvalue weighted by molar-refractivity contribution is -0.112. The highest BCUT2D eigenvalue weighted by Crippen LogP contribution is 2.32. The van der Waals surface area contributed by atoms with E-state index in [0.29, 0.717) is 17.2 Å². The number of ketones is 1. The Balaban J connectivity index is 1.82. The van der Waals surface area contributed by atoms with Crippen LogP contribution in [-0.2, 0) is 4.79 Å². The standard InChI is InChI=1S/C17H15NO4/c1-10-4-3-5-11(2)15(10)18-17(20)16(19)12-6-7-13-14(8-12)22-9-21-13/h3-8H,9H2,1-2H3,(H,18,20). The van der Waals surface area contributed by atoms with Gasteiger partial charge in [0.15, 0.2) is 11.5 Å². The Morgan fingerprint density at radius 2 is 1.68 bits per heavy atom. The predicted octanol–water partition coefficient (Wildman–Crippen LogP) is 2.85. The van der Waals surface area contributed by atoms with Crippen LogP contribution in [0.2, 0.25) is 0 Å². The normalized spacial score (nSPS) is 12.1. The number of aryl methyl sites for hydroxylation is 2. The molecule has 1 heterocycles. The van der Waals surface area contributed by atoms with Crippen molar-refractivity contribution in [3.63, 3.8) is 0 Å². The van der Waals surface area contributed by atoms with Gasteiger partial charge in [-0.1, -0.05) is 18.2 Å². The number of anilines is 1. The summed E-state index contributed by atoms with van der Waals surface area (Å²) in [5.41, 5.74) is 2.76. The fourth-order valence-corrected chi connectivity index (χ4v) is 2.35. The molecule has 2 aromatic rings. The Hall–Kier alpha value is -2.82. The largest absolute Gasteiger partial charge is 0.454 e. The maximum Gasteiger partial charge on any atom is 0.296 e. The van der Waals surface area contributed by atoms with Crippen LogP contribution in [-0.4, -0.2) is 18.5 Å². The molecule has 2 aromatic carbocycles. The van der Waals surface area contributed by atoms with Crippen LogP contribution < -0.4 is 14.8 Å². The van der Waals surface area contributed by atoms with E-state index < -0.39 is 11.7 Å². The minimum atomic E-state index is -0.670. The SMILES string of the molecule is Cc1cccc(C)c1NC(=O)C(=O)c1ccc2c(c1)OCO2. The van der Waals surface area contributed by atoms with E-state index in [1.165, 1.54) is 6.07 Å². The fourth-order valence-electron chi connectivity index (χ4n) is 2.35. The monoisotopic (exact) mass is 297 g/mol. The molecule has 0 spiro atoms. The van der Waals surface area contributed by atoms with Crippen molar-refractivity contribution in [2.75, 3.05) is 12.1 Å². The van der Waals surface area contributed by atoms with E-state index in [-0.39, 0.29) is 12.4 Å². The first-order valence-electron chi connectivity index (χ1n) is 6.88. The molecule has 0 atom stereocenters. The van der Waals surface area contributed by atoms with Gasteiger partial charge in [0, 0.05) is 11.3 Å². The summed E-state index contributed by atoms with van der Waals surface area (Å²) in [6, 6.07) is 10.4. The summed E-state index contributed by atoms with van der Waals surface area (Å²) in [7, 11) is 0. The molecule has 1 N–H and O–H groups in total. The van der Waals surface area contributed by atoms with Crippen molar-refractivity contribution in [3.8, 4) is 11.5 Å². The number of amides is 1. The molecule has 112 valence electrons. The zero-order valence-corrected chi connectivity index (χ0v) is 12.3. The van der Waals surface area contributed by atoms with Gasteiger partial charge < -0.3 is 14.8 Å². The Labute approximate surface area is 127 Å². The lowest BCUT2D eigenvalue weighted by atomic mass is 10.1. The first-order valence-corrected chi connectivity index (χ1v) is 6.88. The quantitative estimate of drug-likeness (QED) is 0.699. The zero-order chi connectivity index (χ0) is 15.7. The van der Waals surface area contributed by atoms with Crippen LogP contribution in [0.25, 0.3) is 0 Å². The van der Waals surface area contributed by atoms with Crippen molar-refractivity contribution in [3.05, 3.63) is 53.1 Å². The number of rotatable bonds is 3. The molecule has 0 unspecified atom stereocenters. The lowest BCUT2D eigenvalue weighted by Gasteiger charge is -2.11. The van der Waals surface area contributed by atoms with Gasteiger partial charge in [-0.3, -0.25) is 9.59 Å². The lowest BCUT2D eigenvalue weighted by Crippen LogP contribution is -2.23. The first-order chi connectivity index (χ1) is 10.6. The molecule has 5 heteroatoms. The average molecular weight is 297 g/mol. The van der Waals surface area contributed by atoms with Crippen molar-refractivity contribution in [1.82, 2.24) is 0 Å². The van der Waals surface area contributed by atoms with E-state index in [0.717, 1.165) is 11.1 Å². The van der Waals surface area contributed by atoms with E-state index in [1.54, 1.807) is 12.1 Å². The molecule has 5 nitrogen and oxygen atoms in total. The van der Waals surface area contributed by atoms with Gasteiger partial charge in [-0.15, -0.1) is 0 Å². The highest BCUT2D eigenvalue weighted by atomic mass is 16.7. The number of ether oxygens (including phenoxy) is 2. The molecule has 0 fully saturated rings. The highest BCUT2D eigenvalue weighted by Gasteiger charge is 2.21. The molecule has 1 amide bonds. The van der Waals surface area contributed by atoms with Gasteiger partial charge in [0.05, 0.1) is 0 Å². The number of fused-ring (bicyclic) bond motifs is 1. The Bertz CT molecular complexity index is 747. The number of benzene rings is 2. The van der Waals surface area contributed by atoms with Crippen molar-refractivity contribution >= 4 is 17.4 Å². The molecule has 0 saturated heterocycles. The maximum absolute atomic E-state index is 12.3. The van der Waals surface area contributed by atoms with Gasteiger partial charge in [0.25, 0.3) is 11.7 Å². The number of hydrogen-bond donors (Lipinski definition) is 1. The molecule has 3 rings (SSSR count). The van der Waals surface area contributed by atoms with Crippen LogP contribution >= 0.6 is 0 Å². The molecule has 0 radical (unpaired) electrons. The van der Waals surface area contributed by atoms with E-state index in [4.69, 9.17) is 9.47 Å². The summed E-state index contributed by atoms with van der Waals surface area (Å²) < 4.78 is 10.4. The zero-order valence-electron chi connectivity index (χ0n) is 12.3. The van der Waals surface area contributed by atoms with Gasteiger partial charge in [-0.25, -0.2) is 0 Å². The number of carbonyl (C=O) groups is 2. The van der Waals surface area contributed by atoms with Gasteiger partial charge in [0.1, 0.15) is 0 Å². The fraction of sp³-hybridized carbons (Fsp3) is 0.176. The van der Waals surface area contributed by atoms with Crippen LogP contribution in [0.3, 0.4) is 0 Å². The third kappa shape index (κ3) is 2.53. The van der Waals surface area contributed by atoms with Gasteiger partial charge in [-0.2, -0.15) is 0 Å². The minimum absolute atomic E-state index is 0.127. The van der Waals surface area contributed by atoms with E-state index in [9.17, 15) is 9.59 Å². The summed E-state index contributed by atoms with van der Waals surface area (Å²) in [4.78, 5) is 24.4. The topological polar surface area (TPSA) is 64.6 Å². The van der Waals surface area contributed by atoms with Crippen molar-refractivity contribution in [2.24, 2.45) is 0 Å². The Kier molecular flexibility index (Phi) is 3.55. The van der Waals surface area contributed by atoms with E-state index >= 15 is 0 Å². The smallest absolute Gasteiger partial charge is 0.296 e. The molecule has 1 aliphatic heterocycles. The third-order valence-electron chi connectivity index (χ3n) is 3.56. The second kappa shape index (κ2) is 5.52. The van der Waals surface area contributed by atoms with Crippen molar-refractivity contribution in [1.29, 1.82) is 0 Å². The molecular formula is C17H15NO4. The summed E-state index contributed by atoms with van der Waals surface area (Å²) >= 11 is 0. The van der Waals surface area contributed by atoms with Crippen LogP contribution in [0.4, 0.5) is 5.69 Å². The van der Waals surface area contributed by atoms with Crippen LogP contribution in [0.1, 0.15) is 21.5 Å². The number of nitrogens with one attached hydrogen (secondary N) is 1. The van der Waals surface area contributed by atoms with Gasteiger partial charge in [0.2, 0.25) is 6.79 Å². The predicted molar refractivity (Wildman–Crippen MR) is 81.4 cm³/mol. The van der Waals surface area contributed by atoms with Gasteiger partial charge in [-0.05, 0) is 43.2 Å². The summed E-state index contributed by atoms with van der Waals surface area (Å²) in [6.07, 6.45) is 0. The van der Waals surface area contributed by atoms with Crippen LogP contribution in [0, 0.1) is 13.8 Å². The summed E-state index contributed by atoms with van der Waals surface area (Å²) in [5, 5.41) is 2.68. The van der Waals surface area contributed by atoms with Crippen molar-refractivity contribution < 1.29 is 19.1 Å². The number of hydrogen-bond acceptors (Lipinski definition) is 4. The molecule has 0 aliphatic carbocycles. The molecule has 0 bridgehead atoms. The third-order valence-corrected chi connectivity index (χ3v) is 3.56. The van der Waals surface area contributed by atoms with Crippen LogP contribution in [0.5, 0.6) is 11.5 Å². The summed E-state index contributed by atoms with van der Waals surface area (Å²) in [5.74, 6) is -0.227. The molecule has 0 saturated carbocycles. The van der Waals surface area contributed by atoms with Crippen LogP contribution in [0.15, 0.2) is 36.4 Å². The van der Waals surface area contributed by atoms with E-state index in [2.05, 4.69) is 5.32 Å². The molecule has 0 aromatic heterocycles. The summed E-state index contributed by atoms with van der Waals surface area (Å²) in [6.45, 7) is 3.89. The Morgan fingerprint density at radius 1 is 1.00 bits per heavy atom. The second-order valence-electron chi connectivity index (χ2n) is 5.12. The van der Waals surface area contributed by atoms with Crippen molar-refractivity contribution in [2.45, 2.75) is 13.8 Å². The van der Waals surface area contributed by atoms with Gasteiger partial charge >= 0.3 is 0 Å². The molecular weight excluding hydrogens is 282 g/mol. The molecule has 22 heavy (non-hydrogen) atoms. The average Bonchev–Trinajstić information content (AvgIpc) is 2.97. The maximum atomic E-state index is 12.3. The second-order valence-corrected chi connectivity index (χ2v) is 5.12. The number of para-hydroxylation sites is 1. The minimum Gasteiger partial charge on any atom is -0.454 e. The first kappa shape index (κ1) is 14.1. The van der Waals surface area contributed by atoms with E-state index in [1.807, 2.05) is 32.0 Å².